The summed E-state index contributed by atoms with van der Waals surface area (Å²) in [6.07, 6.45) is 1.70. The summed E-state index contributed by atoms with van der Waals surface area (Å²) in [5.74, 6) is 0.927. The Morgan fingerprint density at radius 2 is 2.11 bits per heavy atom. The van der Waals surface area contributed by atoms with Gasteiger partial charge in [0.2, 0.25) is 0 Å². The fourth-order valence-electron chi connectivity index (χ4n) is 2.27. The van der Waals surface area contributed by atoms with E-state index in [-0.39, 0.29) is 12.0 Å². The van der Waals surface area contributed by atoms with Crippen LogP contribution < -0.4 is 4.74 Å². The van der Waals surface area contributed by atoms with Crippen LogP contribution >= 0.6 is 0 Å². The molecule has 2 heterocycles. The number of amides is 1. The Labute approximate surface area is 111 Å². The first kappa shape index (κ1) is 12.0. The van der Waals surface area contributed by atoms with Gasteiger partial charge in [-0.2, -0.15) is 0 Å². The topological polar surface area (TPSA) is 55.6 Å². The van der Waals surface area contributed by atoms with E-state index in [9.17, 15) is 4.79 Å². The molecule has 1 saturated heterocycles. The molecule has 0 bridgehead atoms. The molecular formula is C14H16N2O3. The first-order valence-corrected chi connectivity index (χ1v) is 6.55. The Bertz CT molecular complexity index is 585. The molecule has 1 aromatic heterocycles. The van der Waals surface area contributed by atoms with Crippen LogP contribution in [0, 0.1) is 5.92 Å². The number of carbonyl (C=O) groups excluding carboxylic acids is 1. The minimum atomic E-state index is -0.342. The molecule has 0 unspecified atom stereocenters. The highest BCUT2D eigenvalue weighted by Gasteiger charge is 2.23. The zero-order valence-electron chi connectivity index (χ0n) is 10.8. The van der Waals surface area contributed by atoms with Gasteiger partial charge in [-0.3, -0.25) is 0 Å². The van der Waals surface area contributed by atoms with Crippen LogP contribution in [0.3, 0.4) is 0 Å². The van der Waals surface area contributed by atoms with Gasteiger partial charge >= 0.3 is 6.09 Å². The quantitative estimate of drug-likeness (QED) is 0.790. The maximum absolute atomic E-state index is 12.0. The van der Waals surface area contributed by atoms with Gasteiger partial charge in [-0.25, -0.2) is 4.79 Å². The van der Waals surface area contributed by atoms with Crippen molar-refractivity contribution in [2.75, 3.05) is 13.1 Å². The number of aromatic nitrogens is 1. The average molecular weight is 260 g/mol. The Morgan fingerprint density at radius 1 is 1.37 bits per heavy atom. The summed E-state index contributed by atoms with van der Waals surface area (Å²) in [5, 5.41) is 4.52. The van der Waals surface area contributed by atoms with Crippen molar-refractivity contribution < 1.29 is 14.1 Å². The number of benzene rings is 1. The highest BCUT2D eigenvalue weighted by Crippen LogP contribution is 2.25. The molecule has 0 aliphatic carbocycles. The number of rotatable bonds is 1. The Kier molecular flexibility index (Phi) is 3.11. The van der Waals surface area contributed by atoms with Crippen molar-refractivity contribution in [3.05, 3.63) is 24.3 Å². The third-order valence-corrected chi connectivity index (χ3v) is 3.57. The number of nitrogens with zero attached hydrogens (tertiary/aromatic N) is 2. The van der Waals surface area contributed by atoms with E-state index in [4.69, 9.17) is 9.26 Å². The second-order valence-electron chi connectivity index (χ2n) is 5.02. The predicted octanol–water partition coefficient (Wildman–Crippen LogP) is 3.06. The number of para-hydroxylation sites is 1. The van der Waals surface area contributed by atoms with Gasteiger partial charge in [-0.05, 0) is 36.0 Å². The summed E-state index contributed by atoms with van der Waals surface area (Å²) in [4.78, 5) is 13.8. The number of hydrogen-bond donors (Lipinski definition) is 0. The van der Waals surface area contributed by atoms with Crippen LogP contribution in [0.5, 0.6) is 5.88 Å². The van der Waals surface area contributed by atoms with Crippen molar-refractivity contribution in [3.63, 3.8) is 0 Å². The summed E-state index contributed by atoms with van der Waals surface area (Å²) in [6.45, 7) is 3.69. The van der Waals surface area contributed by atoms with Crippen molar-refractivity contribution in [3.8, 4) is 5.88 Å². The van der Waals surface area contributed by atoms with Gasteiger partial charge in [-0.15, -0.1) is 0 Å². The van der Waals surface area contributed by atoms with Crippen molar-refractivity contribution in [1.82, 2.24) is 10.1 Å². The third kappa shape index (κ3) is 2.41. The molecule has 1 aliphatic heterocycles. The summed E-state index contributed by atoms with van der Waals surface area (Å²) < 4.78 is 10.4. The second kappa shape index (κ2) is 4.91. The first-order valence-electron chi connectivity index (χ1n) is 6.55. The number of piperidine rings is 1. The number of fused-ring (bicyclic) bond motifs is 1. The summed E-state index contributed by atoms with van der Waals surface area (Å²) in [5.41, 5.74) is 0.623. The van der Waals surface area contributed by atoms with Crippen LogP contribution in [-0.4, -0.2) is 29.2 Å². The fraction of sp³-hybridized carbons (Fsp3) is 0.429. The highest BCUT2D eigenvalue weighted by molar-refractivity contribution is 5.84. The highest BCUT2D eigenvalue weighted by atomic mass is 16.6. The number of ether oxygens (including phenoxy) is 1. The molecule has 1 fully saturated rings. The fourth-order valence-corrected chi connectivity index (χ4v) is 2.27. The second-order valence-corrected chi connectivity index (χ2v) is 5.02. The average Bonchev–Trinajstić information content (AvgIpc) is 2.83. The Morgan fingerprint density at radius 3 is 2.89 bits per heavy atom. The maximum Gasteiger partial charge on any atom is 0.416 e. The van der Waals surface area contributed by atoms with Crippen LogP contribution in [0.4, 0.5) is 4.79 Å². The Balaban J connectivity index is 1.72. The number of likely N-dealkylation sites (tertiary alicyclic amines) is 1. The monoisotopic (exact) mass is 260 g/mol. The standard InChI is InChI=1S/C14H16N2O3/c1-10-6-8-16(9-7-10)14(17)18-13-11-4-2-3-5-12(11)19-15-13/h2-5,10H,6-9H2,1H3. The van der Waals surface area contributed by atoms with Gasteiger partial charge in [0, 0.05) is 13.1 Å². The molecule has 100 valence electrons. The van der Waals surface area contributed by atoms with E-state index in [0.717, 1.165) is 31.3 Å². The molecule has 1 aromatic carbocycles. The van der Waals surface area contributed by atoms with Gasteiger partial charge in [0.15, 0.2) is 5.58 Å². The van der Waals surface area contributed by atoms with Crippen LogP contribution in [0.15, 0.2) is 28.8 Å². The van der Waals surface area contributed by atoms with Crippen LogP contribution in [0.1, 0.15) is 19.8 Å². The van der Waals surface area contributed by atoms with Gasteiger partial charge in [-0.1, -0.05) is 19.1 Å². The largest absolute Gasteiger partial charge is 0.416 e. The molecule has 1 aliphatic rings. The van der Waals surface area contributed by atoms with Gasteiger partial charge < -0.3 is 14.2 Å². The van der Waals surface area contributed by atoms with E-state index in [0.29, 0.717) is 11.5 Å². The molecule has 2 aromatic rings. The van der Waals surface area contributed by atoms with Gasteiger partial charge in [0.1, 0.15) is 0 Å². The molecule has 5 nitrogen and oxygen atoms in total. The van der Waals surface area contributed by atoms with E-state index >= 15 is 0 Å². The summed E-state index contributed by atoms with van der Waals surface area (Å²) in [6, 6.07) is 7.33. The zero-order valence-corrected chi connectivity index (χ0v) is 10.8. The minimum Gasteiger partial charge on any atom is -0.387 e. The van der Waals surface area contributed by atoms with E-state index in [1.807, 2.05) is 18.2 Å². The normalized spacial score (nSPS) is 16.8. The molecule has 19 heavy (non-hydrogen) atoms. The maximum atomic E-state index is 12.0. The Hall–Kier alpha value is -2.04. The smallest absolute Gasteiger partial charge is 0.387 e. The number of carbonyl (C=O) groups is 1. The molecule has 0 spiro atoms. The van der Waals surface area contributed by atoms with Crippen molar-refractivity contribution in [1.29, 1.82) is 0 Å². The van der Waals surface area contributed by atoms with E-state index in [1.54, 1.807) is 11.0 Å². The van der Waals surface area contributed by atoms with Gasteiger partial charge in [0.05, 0.1) is 5.39 Å². The summed E-state index contributed by atoms with van der Waals surface area (Å²) >= 11 is 0. The van der Waals surface area contributed by atoms with E-state index in [2.05, 4.69) is 12.1 Å². The van der Waals surface area contributed by atoms with Gasteiger partial charge in [0.25, 0.3) is 5.88 Å². The predicted molar refractivity (Wildman–Crippen MR) is 70.0 cm³/mol. The molecule has 3 rings (SSSR count). The minimum absolute atomic E-state index is 0.249. The van der Waals surface area contributed by atoms with Crippen molar-refractivity contribution in [2.45, 2.75) is 19.8 Å². The molecule has 0 radical (unpaired) electrons. The lowest BCUT2D eigenvalue weighted by Crippen LogP contribution is -2.39. The lowest BCUT2D eigenvalue weighted by Gasteiger charge is -2.28. The van der Waals surface area contributed by atoms with E-state index in [1.165, 1.54) is 0 Å². The van der Waals surface area contributed by atoms with Crippen molar-refractivity contribution in [2.24, 2.45) is 5.92 Å². The van der Waals surface area contributed by atoms with Crippen molar-refractivity contribution >= 4 is 17.1 Å². The van der Waals surface area contributed by atoms with Crippen LogP contribution in [0.2, 0.25) is 0 Å². The molecule has 5 heteroatoms. The molecular weight excluding hydrogens is 244 g/mol. The molecule has 0 atom stereocenters. The third-order valence-electron chi connectivity index (χ3n) is 3.57. The number of hydrogen-bond acceptors (Lipinski definition) is 4. The lowest BCUT2D eigenvalue weighted by molar-refractivity contribution is 0.130. The summed E-state index contributed by atoms with van der Waals surface area (Å²) in [7, 11) is 0. The first-order chi connectivity index (χ1) is 9.24. The van der Waals surface area contributed by atoms with Crippen LogP contribution in [-0.2, 0) is 0 Å². The molecule has 0 N–H and O–H groups in total. The zero-order chi connectivity index (χ0) is 13.2. The molecule has 1 amide bonds. The molecule has 0 saturated carbocycles. The SMILES string of the molecule is CC1CCN(C(=O)Oc2noc3ccccc23)CC1. The lowest BCUT2D eigenvalue weighted by atomic mass is 10.00. The van der Waals surface area contributed by atoms with Crippen LogP contribution in [0.25, 0.3) is 11.0 Å². The van der Waals surface area contributed by atoms with E-state index < -0.39 is 0 Å².